The zero-order valence-electron chi connectivity index (χ0n) is 18.4. The first-order chi connectivity index (χ1) is 14.7. The van der Waals surface area contributed by atoms with Crippen molar-refractivity contribution in [3.05, 3.63) is 45.3 Å². The van der Waals surface area contributed by atoms with Gasteiger partial charge in [-0.2, -0.15) is 0 Å². The summed E-state index contributed by atoms with van der Waals surface area (Å²) < 4.78 is 11.2. The van der Waals surface area contributed by atoms with Crippen LogP contribution in [0.15, 0.2) is 27.4 Å². The molecule has 1 aromatic carbocycles. The van der Waals surface area contributed by atoms with Crippen molar-refractivity contribution >= 4 is 22.8 Å². The molecule has 2 atom stereocenters. The number of ether oxygens (including phenoxy) is 1. The quantitative estimate of drug-likeness (QED) is 0.595. The largest absolute Gasteiger partial charge is 0.460 e. The van der Waals surface area contributed by atoms with Crippen molar-refractivity contribution in [2.45, 2.75) is 71.4 Å². The molecule has 164 valence electrons. The van der Waals surface area contributed by atoms with Gasteiger partial charge in [-0.25, -0.2) is 4.79 Å². The summed E-state index contributed by atoms with van der Waals surface area (Å²) in [6, 6.07) is 5.25. The third-order valence-corrected chi connectivity index (χ3v) is 7.74. The summed E-state index contributed by atoms with van der Waals surface area (Å²) in [6.45, 7) is 5.58. The molecule has 6 heteroatoms. The number of fused-ring (bicyclic) bond motifs is 1. The minimum absolute atomic E-state index is 0.0291. The maximum absolute atomic E-state index is 13.4. The van der Waals surface area contributed by atoms with Gasteiger partial charge in [-0.3, -0.25) is 9.59 Å². The number of esters is 1. The van der Waals surface area contributed by atoms with Gasteiger partial charge in [0.15, 0.2) is 0 Å². The number of hydrogen-bond acceptors (Lipinski definition) is 5. The van der Waals surface area contributed by atoms with Crippen LogP contribution in [-0.4, -0.2) is 17.4 Å². The van der Waals surface area contributed by atoms with E-state index in [4.69, 9.17) is 9.15 Å². The van der Waals surface area contributed by atoms with Gasteiger partial charge in [-0.1, -0.05) is 0 Å². The van der Waals surface area contributed by atoms with Gasteiger partial charge in [0.25, 0.3) is 0 Å². The van der Waals surface area contributed by atoms with Crippen molar-refractivity contribution in [2.24, 2.45) is 17.3 Å². The van der Waals surface area contributed by atoms with Crippen LogP contribution in [0.5, 0.6) is 0 Å². The lowest BCUT2D eigenvalue weighted by Gasteiger charge is -2.60. The Morgan fingerprint density at radius 3 is 2.45 bits per heavy atom. The Hall–Kier alpha value is -2.63. The van der Waals surface area contributed by atoms with E-state index in [1.165, 1.54) is 6.07 Å². The minimum atomic E-state index is -0.533. The molecule has 6 rings (SSSR count). The molecule has 4 bridgehead atoms. The zero-order valence-corrected chi connectivity index (χ0v) is 18.4. The van der Waals surface area contributed by atoms with E-state index in [0.717, 1.165) is 48.6 Å². The summed E-state index contributed by atoms with van der Waals surface area (Å²) in [5, 5.41) is 3.99. The first kappa shape index (κ1) is 20.3. The van der Waals surface area contributed by atoms with Crippen molar-refractivity contribution in [1.29, 1.82) is 0 Å². The van der Waals surface area contributed by atoms with Crippen LogP contribution in [0.2, 0.25) is 0 Å². The Balaban J connectivity index is 1.41. The Kier molecular flexibility index (Phi) is 4.54. The van der Waals surface area contributed by atoms with E-state index in [9.17, 15) is 14.4 Å². The molecule has 0 radical (unpaired) electrons. The molecule has 4 aliphatic carbocycles. The molecule has 0 aliphatic heterocycles. The molecule has 0 saturated heterocycles. The van der Waals surface area contributed by atoms with Gasteiger partial charge in [-0.15, -0.1) is 0 Å². The molecule has 4 aliphatic rings. The highest BCUT2D eigenvalue weighted by molar-refractivity contribution is 5.83. The van der Waals surface area contributed by atoms with Crippen LogP contribution in [0.1, 0.15) is 62.1 Å². The fourth-order valence-corrected chi connectivity index (χ4v) is 6.92. The number of benzene rings is 1. The standard InChI is InChI=1S/C25H29NO5/c1-14-4-20-19(7-22(28)31-21(20)5-15(14)2)12-30-23(29)24-8-17-6-18(9-24)11-25(10-17,13-24)26-16(3)27/h4-5,7,17-18H,6,8-13H2,1-3H3,(H,26,27). The van der Waals surface area contributed by atoms with Gasteiger partial charge < -0.3 is 14.5 Å². The Morgan fingerprint density at radius 1 is 1.10 bits per heavy atom. The molecular weight excluding hydrogens is 394 g/mol. The van der Waals surface area contributed by atoms with Crippen LogP contribution in [0, 0.1) is 31.1 Å². The number of hydrogen-bond donors (Lipinski definition) is 1. The molecule has 2 unspecified atom stereocenters. The lowest BCUT2D eigenvalue weighted by Crippen LogP contribution is -2.64. The summed E-state index contributed by atoms with van der Waals surface area (Å²) in [6.07, 6.45) is 5.38. The number of carbonyl (C=O) groups is 2. The fraction of sp³-hybridized carbons (Fsp3) is 0.560. The van der Waals surface area contributed by atoms with Crippen molar-refractivity contribution in [3.8, 4) is 0 Å². The summed E-state index contributed by atoms with van der Waals surface area (Å²) in [5.74, 6) is 0.687. The molecule has 4 saturated carbocycles. The molecule has 2 aromatic rings. The molecule has 1 amide bonds. The van der Waals surface area contributed by atoms with E-state index in [1.54, 1.807) is 6.92 Å². The molecule has 0 spiro atoms. The average molecular weight is 424 g/mol. The van der Waals surface area contributed by atoms with Crippen LogP contribution in [0.4, 0.5) is 0 Å². The van der Waals surface area contributed by atoms with Crippen LogP contribution in [0.3, 0.4) is 0 Å². The predicted molar refractivity (Wildman–Crippen MR) is 115 cm³/mol. The molecule has 4 fully saturated rings. The maximum atomic E-state index is 13.4. The highest BCUT2D eigenvalue weighted by Gasteiger charge is 2.61. The lowest BCUT2D eigenvalue weighted by molar-refractivity contribution is -0.177. The highest BCUT2D eigenvalue weighted by Crippen LogP contribution is 2.62. The third kappa shape index (κ3) is 3.46. The van der Waals surface area contributed by atoms with Gasteiger partial charge in [0.05, 0.1) is 5.41 Å². The second-order valence-corrected chi connectivity index (χ2v) is 10.3. The van der Waals surface area contributed by atoms with Crippen LogP contribution < -0.4 is 10.9 Å². The van der Waals surface area contributed by atoms with Crippen LogP contribution >= 0.6 is 0 Å². The smallest absolute Gasteiger partial charge is 0.336 e. The topological polar surface area (TPSA) is 85.6 Å². The fourth-order valence-electron chi connectivity index (χ4n) is 6.92. The summed E-state index contributed by atoms with van der Waals surface area (Å²) in [7, 11) is 0. The van der Waals surface area contributed by atoms with E-state index < -0.39 is 11.0 Å². The zero-order chi connectivity index (χ0) is 22.0. The number of rotatable bonds is 4. The number of amides is 1. The van der Waals surface area contributed by atoms with Crippen molar-refractivity contribution in [2.75, 3.05) is 0 Å². The second-order valence-electron chi connectivity index (χ2n) is 10.3. The second kappa shape index (κ2) is 6.94. The van der Waals surface area contributed by atoms with Gasteiger partial charge in [0.1, 0.15) is 12.2 Å². The first-order valence-corrected chi connectivity index (χ1v) is 11.2. The van der Waals surface area contributed by atoms with E-state index in [1.807, 2.05) is 26.0 Å². The minimum Gasteiger partial charge on any atom is -0.460 e. The van der Waals surface area contributed by atoms with Crippen molar-refractivity contribution < 1.29 is 18.7 Å². The third-order valence-electron chi connectivity index (χ3n) is 7.74. The summed E-state index contributed by atoms with van der Waals surface area (Å²) in [5.41, 5.74) is 2.07. The molecular formula is C25H29NO5. The molecule has 6 nitrogen and oxygen atoms in total. The highest BCUT2D eigenvalue weighted by atomic mass is 16.5. The monoisotopic (exact) mass is 423 g/mol. The number of nitrogens with one attached hydrogen (secondary N) is 1. The van der Waals surface area contributed by atoms with E-state index in [0.29, 0.717) is 29.4 Å². The Morgan fingerprint density at radius 2 is 1.77 bits per heavy atom. The maximum Gasteiger partial charge on any atom is 0.336 e. The van der Waals surface area contributed by atoms with E-state index in [-0.39, 0.29) is 24.0 Å². The Labute approximate surface area is 181 Å². The van der Waals surface area contributed by atoms with Crippen LogP contribution in [0.25, 0.3) is 11.0 Å². The number of aryl methyl sites for hydroxylation is 2. The summed E-state index contributed by atoms with van der Waals surface area (Å²) in [4.78, 5) is 37.3. The normalized spacial score (nSPS) is 31.1. The summed E-state index contributed by atoms with van der Waals surface area (Å²) >= 11 is 0. The van der Waals surface area contributed by atoms with Crippen LogP contribution in [-0.2, 0) is 20.9 Å². The van der Waals surface area contributed by atoms with Gasteiger partial charge in [0.2, 0.25) is 5.91 Å². The van der Waals surface area contributed by atoms with Crippen molar-refractivity contribution in [1.82, 2.24) is 5.32 Å². The van der Waals surface area contributed by atoms with Gasteiger partial charge in [0, 0.05) is 29.5 Å². The first-order valence-electron chi connectivity index (χ1n) is 11.2. The number of carbonyl (C=O) groups excluding carboxylic acids is 2. The SMILES string of the molecule is CC(=O)NC12CC3CC(C1)CC(C(=O)OCc1cc(=O)oc4cc(C)c(C)cc14)(C3)C2. The lowest BCUT2D eigenvalue weighted by atomic mass is 9.47. The van der Waals surface area contributed by atoms with E-state index in [2.05, 4.69) is 5.32 Å². The molecule has 1 heterocycles. The molecule has 1 aromatic heterocycles. The Bertz CT molecular complexity index is 1130. The predicted octanol–water partition coefficient (Wildman–Crippen LogP) is 3.93. The van der Waals surface area contributed by atoms with Gasteiger partial charge >= 0.3 is 11.6 Å². The van der Waals surface area contributed by atoms with E-state index >= 15 is 0 Å². The molecule has 1 N–H and O–H groups in total. The van der Waals surface area contributed by atoms with Crippen molar-refractivity contribution in [3.63, 3.8) is 0 Å². The molecule has 31 heavy (non-hydrogen) atoms. The van der Waals surface area contributed by atoms with Gasteiger partial charge in [-0.05, 0) is 87.5 Å². The average Bonchev–Trinajstić information content (AvgIpc) is 2.65.